The van der Waals surface area contributed by atoms with E-state index in [9.17, 15) is 13.9 Å². The standard InChI is InChI=1S/C18H19F2NO2/c19-15-7-6-13(16(20)10-15)11-18(22,14-4-2-1-3-5-14)17-12-21-8-9-23-17/h1-7,10,17,21-22H,8-9,11-12H2/t17-,18+/m0/s1. The van der Waals surface area contributed by atoms with Gasteiger partial charge in [0.25, 0.3) is 0 Å². The summed E-state index contributed by atoms with van der Waals surface area (Å²) in [4.78, 5) is 0. The summed E-state index contributed by atoms with van der Waals surface area (Å²) >= 11 is 0. The third kappa shape index (κ3) is 3.42. The van der Waals surface area contributed by atoms with E-state index in [0.717, 1.165) is 6.07 Å². The van der Waals surface area contributed by atoms with E-state index in [1.807, 2.05) is 18.2 Å². The average molecular weight is 319 g/mol. The van der Waals surface area contributed by atoms with Crippen LogP contribution in [0.5, 0.6) is 0 Å². The Kier molecular flexibility index (Phi) is 4.71. The van der Waals surface area contributed by atoms with Crippen molar-refractivity contribution in [3.05, 3.63) is 71.3 Å². The average Bonchev–Trinajstić information content (AvgIpc) is 2.59. The molecule has 2 aromatic carbocycles. The van der Waals surface area contributed by atoms with Crippen LogP contribution >= 0.6 is 0 Å². The fraction of sp³-hybridized carbons (Fsp3) is 0.333. The van der Waals surface area contributed by atoms with E-state index in [2.05, 4.69) is 5.32 Å². The molecule has 1 fully saturated rings. The third-order valence-electron chi connectivity index (χ3n) is 4.21. The molecule has 2 N–H and O–H groups in total. The molecule has 5 heteroatoms. The van der Waals surface area contributed by atoms with Crippen LogP contribution in [0.15, 0.2) is 48.5 Å². The first-order valence-corrected chi connectivity index (χ1v) is 7.64. The van der Waals surface area contributed by atoms with Gasteiger partial charge in [-0.15, -0.1) is 0 Å². The molecule has 0 bridgehead atoms. The molecule has 122 valence electrons. The smallest absolute Gasteiger partial charge is 0.129 e. The van der Waals surface area contributed by atoms with Gasteiger partial charge in [-0.2, -0.15) is 0 Å². The predicted octanol–water partition coefficient (Wildman–Crippen LogP) is 2.38. The van der Waals surface area contributed by atoms with Crippen LogP contribution in [-0.4, -0.2) is 30.9 Å². The molecule has 0 saturated carbocycles. The number of halogens is 2. The van der Waals surface area contributed by atoms with E-state index in [0.29, 0.717) is 25.3 Å². The number of ether oxygens (including phenoxy) is 1. The quantitative estimate of drug-likeness (QED) is 0.909. The fourth-order valence-corrected chi connectivity index (χ4v) is 2.96. The highest BCUT2D eigenvalue weighted by Crippen LogP contribution is 2.32. The zero-order chi connectivity index (χ0) is 16.3. The van der Waals surface area contributed by atoms with Crippen LogP contribution < -0.4 is 5.32 Å². The summed E-state index contributed by atoms with van der Waals surface area (Å²) in [5, 5.41) is 14.5. The molecule has 0 unspecified atom stereocenters. The van der Waals surface area contributed by atoms with Crippen LogP contribution in [0.4, 0.5) is 8.78 Å². The number of hydrogen-bond acceptors (Lipinski definition) is 3. The van der Waals surface area contributed by atoms with Crippen molar-refractivity contribution in [3.8, 4) is 0 Å². The van der Waals surface area contributed by atoms with Crippen molar-refractivity contribution in [1.29, 1.82) is 0 Å². The second kappa shape index (κ2) is 6.74. The van der Waals surface area contributed by atoms with Gasteiger partial charge in [0.1, 0.15) is 23.3 Å². The van der Waals surface area contributed by atoms with Gasteiger partial charge in [0, 0.05) is 25.6 Å². The van der Waals surface area contributed by atoms with Crippen LogP contribution in [0.1, 0.15) is 11.1 Å². The highest BCUT2D eigenvalue weighted by atomic mass is 19.1. The van der Waals surface area contributed by atoms with Gasteiger partial charge in [-0.05, 0) is 17.2 Å². The number of nitrogens with one attached hydrogen (secondary N) is 1. The van der Waals surface area contributed by atoms with E-state index in [4.69, 9.17) is 4.74 Å². The Bertz CT molecular complexity index is 659. The molecule has 2 atom stereocenters. The number of rotatable bonds is 4. The number of aliphatic hydroxyl groups is 1. The third-order valence-corrected chi connectivity index (χ3v) is 4.21. The van der Waals surface area contributed by atoms with Crippen molar-refractivity contribution >= 4 is 0 Å². The molecule has 1 saturated heterocycles. The summed E-state index contributed by atoms with van der Waals surface area (Å²) in [6.07, 6.45) is -0.502. The Morgan fingerprint density at radius 2 is 1.96 bits per heavy atom. The van der Waals surface area contributed by atoms with Crippen molar-refractivity contribution in [3.63, 3.8) is 0 Å². The van der Waals surface area contributed by atoms with Gasteiger partial charge in [0.2, 0.25) is 0 Å². The lowest BCUT2D eigenvalue weighted by Crippen LogP contribution is -2.52. The van der Waals surface area contributed by atoms with Crippen LogP contribution in [0.2, 0.25) is 0 Å². The Labute approximate surface area is 133 Å². The van der Waals surface area contributed by atoms with E-state index in [-0.39, 0.29) is 12.0 Å². The lowest BCUT2D eigenvalue weighted by atomic mass is 9.82. The second-order valence-corrected chi connectivity index (χ2v) is 5.77. The van der Waals surface area contributed by atoms with E-state index >= 15 is 0 Å². The first-order valence-electron chi connectivity index (χ1n) is 7.64. The normalized spacial score (nSPS) is 20.9. The SMILES string of the molecule is O[C@](Cc1ccc(F)cc1F)(c1ccccc1)[C@@H]1CNCCO1. The van der Waals surface area contributed by atoms with Gasteiger partial charge in [-0.25, -0.2) is 8.78 Å². The minimum absolute atomic E-state index is 0.00940. The van der Waals surface area contributed by atoms with Crippen LogP contribution in [0.25, 0.3) is 0 Å². The molecule has 1 heterocycles. The summed E-state index contributed by atoms with van der Waals surface area (Å²) in [5.74, 6) is -1.30. The van der Waals surface area contributed by atoms with Crippen LogP contribution in [0, 0.1) is 11.6 Å². The topological polar surface area (TPSA) is 41.5 Å². The Morgan fingerprint density at radius 3 is 2.61 bits per heavy atom. The molecule has 0 spiro atoms. The number of morpholine rings is 1. The summed E-state index contributed by atoms with van der Waals surface area (Å²) in [6.45, 7) is 1.66. The van der Waals surface area contributed by atoms with Crippen molar-refractivity contribution in [2.24, 2.45) is 0 Å². The monoisotopic (exact) mass is 319 g/mol. The Balaban J connectivity index is 1.97. The van der Waals surface area contributed by atoms with Crippen LogP contribution in [0.3, 0.4) is 0 Å². The number of hydrogen-bond donors (Lipinski definition) is 2. The molecule has 0 aliphatic carbocycles. The van der Waals surface area contributed by atoms with Gasteiger partial charge < -0.3 is 15.2 Å². The van der Waals surface area contributed by atoms with Crippen molar-refractivity contribution < 1.29 is 18.6 Å². The van der Waals surface area contributed by atoms with Gasteiger partial charge in [0.15, 0.2) is 0 Å². The largest absolute Gasteiger partial charge is 0.382 e. The molecule has 1 aliphatic heterocycles. The maximum absolute atomic E-state index is 14.1. The van der Waals surface area contributed by atoms with Gasteiger partial charge in [-0.1, -0.05) is 36.4 Å². The Hall–Kier alpha value is -1.82. The first-order chi connectivity index (χ1) is 11.1. The molecule has 2 aromatic rings. The van der Waals surface area contributed by atoms with Crippen LogP contribution in [-0.2, 0) is 16.8 Å². The van der Waals surface area contributed by atoms with Crippen molar-refractivity contribution in [1.82, 2.24) is 5.32 Å². The molecular formula is C18H19F2NO2. The van der Waals surface area contributed by atoms with Crippen molar-refractivity contribution in [2.45, 2.75) is 18.1 Å². The zero-order valence-corrected chi connectivity index (χ0v) is 12.6. The molecule has 3 rings (SSSR count). The predicted molar refractivity (Wildman–Crippen MR) is 83.0 cm³/mol. The van der Waals surface area contributed by atoms with Gasteiger partial charge >= 0.3 is 0 Å². The highest BCUT2D eigenvalue weighted by molar-refractivity contribution is 5.29. The summed E-state index contributed by atoms with van der Waals surface area (Å²) in [5.41, 5.74) is -0.489. The summed E-state index contributed by atoms with van der Waals surface area (Å²) in [7, 11) is 0. The van der Waals surface area contributed by atoms with E-state index < -0.39 is 23.3 Å². The van der Waals surface area contributed by atoms with Crippen molar-refractivity contribution in [2.75, 3.05) is 19.7 Å². The second-order valence-electron chi connectivity index (χ2n) is 5.77. The molecule has 0 radical (unpaired) electrons. The Morgan fingerprint density at radius 1 is 1.17 bits per heavy atom. The highest BCUT2D eigenvalue weighted by Gasteiger charge is 2.41. The maximum Gasteiger partial charge on any atom is 0.129 e. The van der Waals surface area contributed by atoms with Gasteiger partial charge in [0.05, 0.1) is 6.61 Å². The lowest BCUT2D eigenvalue weighted by molar-refractivity contribution is -0.124. The maximum atomic E-state index is 14.1. The van der Waals surface area contributed by atoms with Gasteiger partial charge in [-0.3, -0.25) is 0 Å². The fourth-order valence-electron chi connectivity index (χ4n) is 2.96. The molecule has 1 aliphatic rings. The molecule has 0 amide bonds. The van der Waals surface area contributed by atoms with E-state index in [1.165, 1.54) is 12.1 Å². The molecular weight excluding hydrogens is 300 g/mol. The molecule has 23 heavy (non-hydrogen) atoms. The zero-order valence-electron chi connectivity index (χ0n) is 12.6. The lowest BCUT2D eigenvalue weighted by Gasteiger charge is -2.39. The minimum atomic E-state index is -1.40. The first kappa shape index (κ1) is 16.1. The molecule has 0 aromatic heterocycles. The minimum Gasteiger partial charge on any atom is -0.382 e. The summed E-state index contributed by atoms with van der Waals surface area (Å²) in [6, 6.07) is 12.5. The summed E-state index contributed by atoms with van der Waals surface area (Å²) < 4.78 is 32.9. The van der Waals surface area contributed by atoms with E-state index in [1.54, 1.807) is 12.1 Å². The number of benzene rings is 2. The molecule has 3 nitrogen and oxygen atoms in total.